The third-order valence-electron chi connectivity index (χ3n) is 3.29. The number of carbonyl (C=O) groups is 2. The van der Waals surface area contributed by atoms with Gasteiger partial charge < -0.3 is 19.5 Å². The molecule has 8 nitrogen and oxygen atoms in total. The van der Waals surface area contributed by atoms with E-state index in [2.05, 4.69) is 15.6 Å². The van der Waals surface area contributed by atoms with Crippen molar-refractivity contribution in [3.8, 4) is 17.4 Å². The van der Waals surface area contributed by atoms with Crippen LogP contribution in [0.5, 0.6) is 17.4 Å². The fraction of sp³-hybridized carbons (Fsp3) is 0.316. The van der Waals surface area contributed by atoms with Crippen LogP contribution < -0.4 is 24.8 Å². The van der Waals surface area contributed by atoms with E-state index < -0.39 is 11.9 Å². The SMILES string of the molecule is COc1cccc(OC)c1C(=O)NC(=O)Nc1ccc(OC(C)(C)C)nc1. The number of amides is 3. The van der Waals surface area contributed by atoms with E-state index in [1.165, 1.54) is 20.4 Å². The molecular weight excluding hydrogens is 350 g/mol. The molecule has 2 N–H and O–H groups in total. The molecule has 0 unspecified atom stereocenters. The van der Waals surface area contributed by atoms with Gasteiger partial charge in [0.15, 0.2) is 0 Å². The van der Waals surface area contributed by atoms with E-state index in [0.29, 0.717) is 23.1 Å². The molecule has 0 aliphatic carbocycles. The number of carbonyl (C=O) groups excluding carboxylic acids is 2. The second-order valence-electron chi connectivity index (χ2n) is 6.55. The van der Waals surface area contributed by atoms with Gasteiger partial charge >= 0.3 is 6.03 Å². The number of pyridine rings is 1. The van der Waals surface area contributed by atoms with Gasteiger partial charge in [-0.3, -0.25) is 10.1 Å². The summed E-state index contributed by atoms with van der Waals surface area (Å²) in [6.07, 6.45) is 1.44. The van der Waals surface area contributed by atoms with Crippen LogP contribution >= 0.6 is 0 Å². The number of benzene rings is 1. The Bertz CT molecular complexity index is 791. The summed E-state index contributed by atoms with van der Waals surface area (Å²) >= 11 is 0. The summed E-state index contributed by atoms with van der Waals surface area (Å²) in [7, 11) is 2.86. The average molecular weight is 373 g/mol. The van der Waals surface area contributed by atoms with Crippen LogP contribution in [0.15, 0.2) is 36.5 Å². The largest absolute Gasteiger partial charge is 0.496 e. The fourth-order valence-corrected chi connectivity index (χ4v) is 2.23. The lowest BCUT2D eigenvalue weighted by atomic mass is 10.1. The van der Waals surface area contributed by atoms with Gasteiger partial charge in [0.25, 0.3) is 5.91 Å². The lowest BCUT2D eigenvalue weighted by Gasteiger charge is -2.20. The molecule has 3 amide bonds. The highest BCUT2D eigenvalue weighted by Crippen LogP contribution is 2.28. The lowest BCUT2D eigenvalue weighted by molar-refractivity contribution is 0.0960. The number of nitrogens with zero attached hydrogens (tertiary/aromatic N) is 1. The Morgan fingerprint density at radius 3 is 2.11 bits per heavy atom. The van der Waals surface area contributed by atoms with Crippen molar-refractivity contribution in [2.75, 3.05) is 19.5 Å². The minimum Gasteiger partial charge on any atom is -0.496 e. The van der Waals surface area contributed by atoms with Crippen LogP contribution in [0.2, 0.25) is 0 Å². The molecule has 0 saturated carbocycles. The van der Waals surface area contributed by atoms with Crippen molar-refractivity contribution in [2.24, 2.45) is 0 Å². The average Bonchev–Trinajstić information content (AvgIpc) is 2.61. The molecule has 0 spiro atoms. The van der Waals surface area contributed by atoms with Crippen molar-refractivity contribution in [3.05, 3.63) is 42.1 Å². The molecule has 0 aliphatic rings. The van der Waals surface area contributed by atoms with Crippen LogP contribution in [0.3, 0.4) is 0 Å². The maximum atomic E-state index is 12.4. The first-order valence-corrected chi connectivity index (χ1v) is 8.22. The van der Waals surface area contributed by atoms with Crippen LogP contribution in [-0.2, 0) is 0 Å². The van der Waals surface area contributed by atoms with E-state index in [1.54, 1.807) is 30.3 Å². The summed E-state index contributed by atoms with van der Waals surface area (Å²) in [6, 6.07) is 7.44. The minimum absolute atomic E-state index is 0.129. The fourth-order valence-electron chi connectivity index (χ4n) is 2.23. The molecule has 2 rings (SSSR count). The first kappa shape index (κ1) is 20.0. The molecule has 2 aromatic rings. The summed E-state index contributed by atoms with van der Waals surface area (Å²) in [4.78, 5) is 28.7. The second kappa shape index (κ2) is 8.39. The first-order valence-electron chi connectivity index (χ1n) is 8.22. The summed E-state index contributed by atoms with van der Waals surface area (Å²) < 4.78 is 15.9. The predicted molar refractivity (Wildman–Crippen MR) is 101 cm³/mol. The predicted octanol–water partition coefficient (Wildman–Crippen LogP) is 3.24. The molecule has 1 heterocycles. The minimum atomic E-state index is -0.709. The highest BCUT2D eigenvalue weighted by atomic mass is 16.5. The normalized spacial score (nSPS) is 10.7. The summed E-state index contributed by atoms with van der Waals surface area (Å²) in [5.74, 6) is 0.376. The zero-order chi connectivity index (χ0) is 20.0. The van der Waals surface area contributed by atoms with Crippen LogP contribution in [0.4, 0.5) is 10.5 Å². The van der Waals surface area contributed by atoms with Crippen LogP contribution in [0.25, 0.3) is 0 Å². The van der Waals surface area contributed by atoms with Gasteiger partial charge in [-0.1, -0.05) is 6.07 Å². The Hall–Kier alpha value is -3.29. The smallest absolute Gasteiger partial charge is 0.326 e. The molecule has 27 heavy (non-hydrogen) atoms. The number of methoxy groups -OCH3 is 2. The monoisotopic (exact) mass is 373 g/mol. The van der Waals surface area contributed by atoms with Gasteiger partial charge in [0.1, 0.15) is 22.7 Å². The molecule has 0 atom stereocenters. The lowest BCUT2D eigenvalue weighted by Crippen LogP contribution is -2.34. The Morgan fingerprint density at radius 2 is 1.63 bits per heavy atom. The van der Waals surface area contributed by atoms with E-state index in [-0.39, 0.29) is 11.2 Å². The molecule has 8 heteroatoms. The van der Waals surface area contributed by atoms with Crippen molar-refractivity contribution >= 4 is 17.6 Å². The number of aromatic nitrogens is 1. The molecule has 0 bridgehead atoms. The van der Waals surface area contributed by atoms with E-state index in [9.17, 15) is 9.59 Å². The second-order valence-corrected chi connectivity index (χ2v) is 6.55. The summed E-state index contributed by atoms with van der Waals surface area (Å²) in [6.45, 7) is 5.73. The van der Waals surface area contributed by atoms with E-state index in [1.807, 2.05) is 20.8 Å². The molecule has 144 valence electrons. The van der Waals surface area contributed by atoms with Crippen molar-refractivity contribution in [3.63, 3.8) is 0 Å². The molecule has 0 radical (unpaired) electrons. The van der Waals surface area contributed by atoms with Gasteiger partial charge in [-0.15, -0.1) is 0 Å². The van der Waals surface area contributed by atoms with Crippen molar-refractivity contribution in [1.82, 2.24) is 10.3 Å². The summed E-state index contributed by atoms with van der Waals surface area (Å²) in [5.41, 5.74) is 0.165. The summed E-state index contributed by atoms with van der Waals surface area (Å²) in [5, 5.41) is 4.78. The van der Waals surface area contributed by atoms with Crippen molar-refractivity contribution in [1.29, 1.82) is 0 Å². The molecule has 0 aliphatic heterocycles. The number of nitrogens with one attached hydrogen (secondary N) is 2. The topological polar surface area (TPSA) is 98.8 Å². The maximum absolute atomic E-state index is 12.4. The molecule has 0 fully saturated rings. The number of imide groups is 1. The highest BCUT2D eigenvalue weighted by molar-refractivity contribution is 6.10. The van der Waals surface area contributed by atoms with Crippen molar-refractivity contribution in [2.45, 2.75) is 26.4 Å². The van der Waals surface area contributed by atoms with Gasteiger partial charge in [0, 0.05) is 6.07 Å². The Kier molecular flexibility index (Phi) is 6.23. The van der Waals surface area contributed by atoms with Crippen LogP contribution in [0.1, 0.15) is 31.1 Å². The zero-order valence-corrected chi connectivity index (χ0v) is 16.0. The number of anilines is 1. The van der Waals surface area contributed by atoms with Gasteiger partial charge in [0.2, 0.25) is 5.88 Å². The first-order chi connectivity index (χ1) is 12.7. The standard InChI is InChI=1S/C19H23N3O5/c1-19(2,3)27-15-10-9-12(11-20-15)21-18(24)22-17(23)16-13(25-4)7-6-8-14(16)26-5/h6-11H,1-5H3,(H2,21,22,23,24). The Labute approximate surface area is 157 Å². The highest BCUT2D eigenvalue weighted by Gasteiger charge is 2.20. The number of urea groups is 1. The number of rotatable bonds is 5. The van der Waals surface area contributed by atoms with Crippen LogP contribution in [0, 0.1) is 0 Å². The maximum Gasteiger partial charge on any atom is 0.326 e. The van der Waals surface area contributed by atoms with Crippen molar-refractivity contribution < 1.29 is 23.8 Å². The molecular formula is C19H23N3O5. The van der Waals surface area contributed by atoms with E-state index in [4.69, 9.17) is 14.2 Å². The van der Waals surface area contributed by atoms with Crippen LogP contribution in [-0.4, -0.2) is 36.7 Å². The molecule has 0 saturated heterocycles. The third kappa shape index (κ3) is 5.60. The Balaban J connectivity index is 2.05. The molecule has 1 aromatic carbocycles. The van der Waals surface area contributed by atoms with Gasteiger partial charge in [-0.25, -0.2) is 9.78 Å². The zero-order valence-electron chi connectivity index (χ0n) is 16.0. The van der Waals surface area contributed by atoms with Gasteiger partial charge in [-0.05, 0) is 39.0 Å². The third-order valence-corrected chi connectivity index (χ3v) is 3.29. The van der Waals surface area contributed by atoms with Gasteiger partial charge in [0.05, 0.1) is 26.1 Å². The molecule has 1 aromatic heterocycles. The number of ether oxygens (including phenoxy) is 3. The quantitative estimate of drug-likeness (QED) is 0.835. The van der Waals surface area contributed by atoms with E-state index >= 15 is 0 Å². The number of hydrogen-bond acceptors (Lipinski definition) is 6. The Morgan fingerprint density at radius 1 is 1.00 bits per heavy atom. The number of hydrogen-bond donors (Lipinski definition) is 2. The van der Waals surface area contributed by atoms with Gasteiger partial charge in [-0.2, -0.15) is 0 Å². The van der Waals surface area contributed by atoms with E-state index in [0.717, 1.165) is 0 Å².